The first kappa shape index (κ1) is 29.3. The predicted molar refractivity (Wildman–Crippen MR) is 160 cm³/mol. The molecule has 0 saturated heterocycles. The molecule has 0 aliphatic carbocycles. The summed E-state index contributed by atoms with van der Waals surface area (Å²) in [6, 6.07) is 18.9. The van der Waals surface area contributed by atoms with E-state index in [0.29, 0.717) is 45.0 Å². The number of rotatable bonds is 9. The Morgan fingerprint density at radius 2 is 1.66 bits per heavy atom. The number of benzene rings is 3. The zero-order valence-electron chi connectivity index (χ0n) is 23.3. The van der Waals surface area contributed by atoms with Gasteiger partial charge in [0, 0.05) is 18.3 Å². The lowest BCUT2D eigenvalue weighted by Gasteiger charge is -2.24. The second-order valence-electron chi connectivity index (χ2n) is 9.74. The molecule has 1 aliphatic heterocycles. The van der Waals surface area contributed by atoms with Gasteiger partial charge in [0.2, 0.25) is 15.9 Å². The van der Waals surface area contributed by atoms with Crippen molar-refractivity contribution in [2.24, 2.45) is 0 Å². The number of likely N-dealkylation sites (N-methyl/N-ethyl adjacent to an activating group) is 2. The number of hydrogen-bond acceptors (Lipinski definition) is 8. The standard InChI is InChI=1S/C29H31N5O6S/c1-33(2)17-25(35)34(3)24-14-12-20(16-23(24)32-41(5,38)39)30-27(18-9-7-6-8-10-18)26-21-13-11-19(29(37)40-4)15-22(21)31-28(26)36/h6-16,30,32H,17H2,1-5H3,(H,31,36)/b27-26-. The number of methoxy groups -OCH3 is 1. The lowest BCUT2D eigenvalue weighted by atomic mass is 9.99. The molecular weight excluding hydrogens is 546 g/mol. The highest BCUT2D eigenvalue weighted by Gasteiger charge is 2.29. The van der Waals surface area contributed by atoms with Crippen LogP contribution in [-0.2, 0) is 24.3 Å². The van der Waals surface area contributed by atoms with Crippen LogP contribution in [0.25, 0.3) is 11.3 Å². The van der Waals surface area contributed by atoms with Gasteiger partial charge in [0.05, 0.1) is 53.8 Å². The van der Waals surface area contributed by atoms with Crippen molar-refractivity contribution in [2.45, 2.75) is 0 Å². The summed E-state index contributed by atoms with van der Waals surface area (Å²) < 4.78 is 31.7. The molecule has 1 aliphatic rings. The second-order valence-corrected chi connectivity index (χ2v) is 11.5. The van der Waals surface area contributed by atoms with Crippen LogP contribution >= 0.6 is 0 Å². The summed E-state index contributed by atoms with van der Waals surface area (Å²) in [6.07, 6.45) is 1.03. The van der Waals surface area contributed by atoms with Gasteiger partial charge in [-0.15, -0.1) is 0 Å². The SMILES string of the molecule is COC(=O)c1ccc2c(c1)NC(=O)/C2=C(\Nc1ccc(N(C)C(=O)CN(C)C)c(NS(C)(=O)=O)c1)c1ccccc1. The minimum atomic E-state index is -3.70. The molecule has 214 valence electrons. The van der Waals surface area contributed by atoms with Crippen molar-refractivity contribution in [3.8, 4) is 0 Å². The summed E-state index contributed by atoms with van der Waals surface area (Å²) in [4.78, 5) is 41.2. The molecule has 3 N–H and O–H groups in total. The lowest BCUT2D eigenvalue weighted by molar-refractivity contribution is -0.119. The van der Waals surface area contributed by atoms with E-state index >= 15 is 0 Å². The van der Waals surface area contributed by atoms with Crippen LogP contribution in [-0.4, -0.2) is 72.2 Å². The van der Waals surface area contributed by atoms with E-state index in [1.54, 1.807) is 62.4 Å². The Bertz CT molecular complexity index is 1650. The topological polar surface area (TPSA) is 137 Å². The largest absolute Gasteiger partial charge is 0.465 e. The van der Waals surface area contributed by atoms with E-state index in [1.807, 2.05) is 30.3 Å². The third-order valence-corrected chi connectivity index (χ3v) is 6.84. The van der Waals surface area contributed by atoms with Gasteiger partial charge in [-0.2, -0.15) is 0 Å². The fourth-order valence-corrected chi connectivity index (χ4v) is 4.96. The van der Waals surface area contributed by atoms with E-state index in [9.17, 15) is 22.8 Å². The van der Waals surface area contributed by atoms with Crippen molar-refractivity contribution < 1.29 is 27.5 Å². The highest BCUT2D eigenvalue weighted by molar-refractivity contribution is 7.92. The molecule has 41 heavy (non-hydrogen) atoms. The summed E-state index contributed by atoms with van der Waals surface area (Å²) in [5.74, 6) is -1.14. The zero-order valence-corrected chi connectivity index (χ0v) is 24.1. The smallest absolute Gasteiger partial charge is 0.337 e. The van der Waals surface area contributed by atoms with Gasteiger partial charge >= 0.3 is 5.97 Å². The number of sulfonamides is 1. The predicted octanol–water partition coefficient (Wildman–Crippen LogP) is 3.30. The van der Waals surface area contributed by atoms with Crippen molar-refractivity contribution in [3.63, 3.8) is 0 Å². The van der Waals surface area contributed by atoms with Gasteiger partial charge in [-0.3, -0.25) is 14.3 Å². The van der Waals surface area contributed by atoms with Crippen LogP contribution in [0.3, 0.4) is 0 Å². The average Bonchev–Trinajstić information content (AvgIpc) is 3.24. The zero-order chi connectivity index (χ0) is 29.9. The first-order valence-corrected chi connectivity index (χ1v) is 14.4. The Morgan fingerprint density at radius 3 is 2.29 bits per heavy atom. The summed E-state index contributed by atoms with van der Waals surface area (Å²) in [6.45, 7) is 0.130. The third-order valence-electron chi connectivity index (χ3n) is 6.25. The second kappa shape index (κ2) is 11.8. The molecule has 0 fully saturated rings. The number of carbonyl (C=O) groups is 3. The van der Waals surface area contributed by atoms with Gasteiger partial charge in [0.1, 0.15) is 0 Å². The quantitative estimate of drug-likeness (QED) is 0.260. The summed E-state index contributed by atoms with van der Waals surface area (Å²) in [7, 11) is 2.69. The van der Waals surface area contributed by atoms with Crippen molar-refractivity contribution >= 4 is 61.8 Å². The fourth-order valence-electron chi connectivity index (χ4n) is 4.39. The first-order valence-electron chi connectivity index (χ1n) is 12.5. The van der Waals surface area contributed by atoms with E-state index in [-0.39, 0.29) is 24.0 Å². The maximum absolute atomic E-state index is 13.3. The van der Waals surface area contributed by atoms with Crippen LogP contribution < -0.4 is 20.3 Å². The Kier molecular flexibility index (Phi) is 8.45. The molecule has 3 aromatic carbocycles. The molecule has 0 unspecified atom stereocenters. The van der Waals surface area contributed by atoms with E-state index in [4.69, 9.17) is 4.74 Å². The molecule has 0 spiro atoms. The number of hydrogen-bond donors (Lipinski definition) is 3. The number of amides is 2. The normalized spacial score (nSPS) is 13.8. The van der Waals surface area contributed by atoms with Crippen LogP contribution in [0, 0.1) is 0 Å². The Labute approximate surface area is 238 Å². The van der Waals surface area contributed by atoms with Crippen LogP contribution in [0.5, 0.6) is 0 Å². The number of esters is 1. The number of anilines is 4. The maximum atomic E-state index is 13.3. The molecule has 0 saturated carbocycles. The molecule has 11 nitrogen and oxygen atoms in total. The lowest BCUT2D eigenvalue weighted by Crippen LogP contribution is -2.35. The number of nitrogens with one attached hydrogen (secondary N) is 3. The monoisotopic (exact) mass is 577 g/mol. The maximum Gasteiger partial charge on any atom is 0.337 e. The van der Waals surface area contributed by atoms with Crippen LogP contribution in [0.2, 0.25) is 0 Å². The Balaban J connectivity index is 1.83. The van der Waals surface area contributed by atoms with E-state index in [1.165, 1.54) is 12.0 Å². The third kappa shape index (κ3) is 6.73. The van der Waals surface area contributed by atoms with Crippen molar-refractivity contribution in [1.29, 1.82) is 0 Å². The van der Waals surface area contributed by atoms with Crippen LogP contribution in [0.4, 0.5) is 22.7 Å². The average molecular weight is 578 g/mol. The Hall–Kier alpha value is -4.68. The highest BCUT2D eigenvalue weighted by Crippen LogP contribution is 2.39. The number of nitrogens with zero attached hydrogens (tertiary/aromatic N) is 2. The molecule has 0 radical (unpaired) electrons. The molecule has 0 bridgehead atoms. The van der Waals surface area contributed by atoms with Gasteiger partial charge in [-0.05, 0) is 50.0 Å². The minimum Gasteiger partial charge on any atom is -0.465 e. The molecule has 12 heteroatoms. The van der Waals surface area contributed by atoms with Gasteiger partial charge in [-0.1, -0.05) is 36.4 Å². The number of fused-ring (bicyclic) bond motifs is 1. The molecule has 3 aromatic rings. The van der Waals surface area contributed by atoms with E-state index in [0.717, 1.165) is 6.26 Å². The number of carbonyl (C=O) groups excluding carboxylic acids is 3. The van der Waals surface area contributed by atoms with Gasteiger partial charge in [0.25, 0.3) is 5.91 Å². The van der Waals surface area contributed by atoms with Gasteiger partial charge in [-0.25, -0.2) is 13.2 Å². The fraction of sp³-hybridized carbons (Fsp3) is 0.207. The summed E-state index contributed by atoms with van der Waals surface area (Å²) in [5, 5.41) is 6.10. The van der Waals surface area contributed by atoms with Crippen molar-refractivity contribution in [3.05, 3.63) is 83.4 Å². The van der Waals surface area contributed by atoms with Gasteiger partial charge < -0.3 is 25.2 Å². The molecule has 4 rings (SSSR count). The van der Waals surface area contributed by atoms with Crippen LogP contribution in [0.15, 0.2) is 66.7 Å². The van der Waals surface area contributed by atoms with Gasteiger partial charge in [0.15, 0.2) is 0 Å². The van der Waals surface area contributed by atoms with Crippen LogP contribution in [0.1, 0.15) is 21.5 Å². The summed E-state index contributed by atoms with van der Waals surface area (Å²) in [5.41, 5.74) is 3.83. The number of ether oxygens (including phenoxy) is 1. The Morgan fingerprint density at radius 1 is 0.951 bits per heavy atom. The highest BCUT2D eigenvalue weighted by atomic mass is 32.2. The molecule has 0 aromatic heterocycles. The molecule has 1 heterocycles. The minimum absolute atomic E-state index is 0.130. The van der Waals surface area contributed by atoms with Crippen molar-refractivity contribution in [2.75, 3.05) is 61.3 Å². The van der Waals surface area contributed by atoms with Crippen molar-refractivity contribution in [1.82, 2.24) is 4.90 Å². The first-order chi connectivity index (χ1) is 19.4. The van der Waals surface area contributed by atoms with E-state index < -0.39 is 16.0 Å². The summed E-state index contributed by atoms with van der Waals surface area (Å²) >= 11 is 0. The molecule has 0 atom stereocenters. The van der Waals surface area contributed by atoms with E-state index in [2.05, 4.69) is 15.4 Å². The molecular formula is C29H31N5O6S. The molecule has 2 amide bonds.